The number of benzene rings is 2. The molecule has 2 aromatic carbocycles. The van der Waals surface area contributed by atoms with Gasteiger partial charge in [0.05, 0.1) is 16.9 Å². The van der Waals surface area contributed by atoms with Gasteiger partial charge in [0, 0.05) is 4.90 Å². The molecular formula is C14H10F2N2S. The van der Waals surface area contributed by atoms with Crippen LogP contribution in [0.4, 0.5) is 20.2 Å². The zero-order valence-electron chi connectivity index (χ0n) is 10.1. The fourth-order valence-electron chi connectivity index (χ4n) is 1.67. The van der Waals surface area contributed by atoms with Gasteiger partial charge >= 0.3 is 0 Å². The van der Waals surface area contributed by atoms with Crippen molar-refractivity contribution in [2.45, 2.75) is 4.90 Å². The molecule has 0 heterocycles. The fourth-order valence-corrected chi connectivity index (χ4v) is 2.24. The summed E-state index contributed by atoms with van der Waals surface area (Å²) in [6, 6.07) is 11.2. The highest BCUT2D eigenvalue weighted by molar-refractivity contribution is 7.98. The molecule has 0 amide bonds. The molecule has 19 heavy (non-hydrogen) atoms. The summed E-state index contributed by atoms with van der Waals surface area (Å²) in [6.07, 6.45) is 1.85. The molecule has 96 valence electrons. The third-order valence-electron chi connectivity index (χ3n) is 2.58. The molecule has 0 aliphatic rings. The van der Waals surface area contributed by atoms with Gasteiger partial charge in [-0.25, -0.2) is 8.78 Å². The first kappa shape index (κ1) is 13.4. The van der Waals surface area contributed by atoms with E-state index >= 15 is 0 Å². The molecule has 0 aliphatic heterocycles. The van der Waals surface area contributed by atoms with Crippen LogP contribution in [-0.2, 0) is 0 Å². The van der Waals surface area contributed by atoms with Crippen LogP contribution in [0.2, 0.25) is 0 Å². The lowest BCUT2D eigenvalue weighted by Crippen LogP contribution is -1.99. The van der Waals surface area contributed by atoms with Crippen molar-refractivity contribution in [3.8, 4) is 6.07 Å². The van der Waals surface area contributed by atoms with Gasteiger partial charge in [0.15, 0.2) is 11.6 Å². The first-order valence-electron chi connectivity index (χ1n) is 5.45. The van der Waals surface area contributed by atoms with Gasteiger partial charge in [-0.1, -0.05) is 12.1 Å². The summed E-state index contributed by atoms with van der Waals surface area (Å²) in [7, 11) is 0. The normalized spacial score (nSPS) is 10.0. The Morgan fingerprint density at radius 3 is 2.47 bits per heavy atom. The summed E-state index contributed by atoms with van der Waals surface area (Å²) in [5.41, 5.74) is 0.882. The Morgan fingerprint density at radius 2 is 1.79 bits per heavy atom. The van der Waals surface area contributed by atoms with Gasteiger partial charge in [-0.2, -0.15) is 5.26 Å². The predicted octanol–water partition coefficient (Wildman–Crippen LogP) is 4.30. The topological polar surface area (TPSA) is 35.8 Å². The molecule has 2 rings (SSSR count). The Bertz CT molecular complexity index is 650. The lowest BCUT2D eigenvalue weighted by Gasteiger charge is -2.11. The van der Waals surface area contributed by atoms with Crippen LogP contribution in [0, 0.1) is 23.0 Å². The molecule has 2 aromatic rings. The zero-order chi connectivity index (χ0) is 13.8. The van der Waals surface area contributed by atoms with Crippen molar-refractivity contribution in [3.63, 3.8) is 0 Å². The van der Waals surface area contributed by atoms with E-state index in [1.165, 1.54) is 23.9 Å². The van der Waals surface area contributed by atoms with Crippen molar-refractivity contribution in [2.75, 3.05) is 11.6 Å². The van der Waals surface area contributed by atoms with E-state index in [2.05, 4.69) is 11.4 Å². The average Bonchev–Trinajstić information content (AvgIpc) is 2.43. The van der Waals surface area contributed by atoms with Gasteiger partial charge in [-0.15, -0.1) is 11.8 Å². The van der Waals surface area contributed by atoms with Crippen LogP contribution < -0.4 is 5.32 Å². The molecule has 0 aromatic heterocycles. The first-order valence-corrected chi connectivity index (χ1v) is 6.68. The Hall–Kier alpha value is -2.06. The van der Waals surface area contributed by atoms with Crippen molar-refractivity contribution < 1.29 is 8.78 Å². The Morgan fingerprint density at radius 1 is 1.11 bits per heavy atom. The quantitative estimate of drug-likeness (QED) is 0.849. The number of nitriles is 1. The third-order valence-corrected chi connectivity index (χ3v) is 3.36. The number of nitrogens with one attached hydrogen (secondary N) is 1. The molecule has 0 fully saturated rings. The number of hydrogen-bond acceptors (Lipinski definition) is 3. The third kappa shape index (κ3) is 2.69. The second kappa shape index (κ2) is 5.72. The van der Waals surface area contributed by atoms with Crippen LogP contribution in [0.15, 0.2) is 41.3 Å². The Balaban J connectivity index is 2.44. The smallest absolute Gasteiger partial charge is 0.182 e. The van der Waals surface area contributed by atoms with E-state index in [0.717, 1.165) is 11.0 Å². The van der Waals surface area contributed by atoms with Gasteiger partial charge in [0.1, 0.15) is 6.07 Å². The number of nitrogens with zero attached hydrogens (tertiary/aromatic N) is 1. The maximum atomic E-state index is 13.6. The molecule has 1 N–H and O–H groups in total. The molecule has 5 heteroatoms. The largest absolute Gasteiger partial charge is 0.352 e. The highest BCUT2D eigenvalue weighted by atomic mass is 32.2. The standard InChI is InChI=1S/C14H10F2N2S/c1-19-13-7-3-5-11(9(13)8-17)18-12-6-2-4-10(15)14(12)16/h2-7,18H,1H3. The van der Waals surface area contributed by atoms with Crippen molar-refractivity contribution >= 4 is 23.1 Å². The second-order valence-corrected chi connectivity index (χ2v) is 4.57. The van der Waals surface area contributed by atoms with Gasteiger partial charge < -0.3 is 5.32 Å². The lowest BCUT2D eigenvalue weighted by molar-refractivity contribution is 0.512. The van der Waals surface area contributed by atoms with Gasteiger partial charge in [0.2, 0.25) is 0 Å². The van der Waals surface area contributed by atoms with Crippen LogP contribution in [0.3, 0.4) is 0 Å². The average molecular weight is 276 g/mol. The first-order chi connectivity index (χ1) is 9.17. The number of rotatable bonds is 3. The summed E-state index contributed by atoms with van der Waals surface area (Å²) in [4.78, 5) is 0.782. The minimum atomic E-state index is -0.957. The predicted molar refractivity (Wildman–Crippen MR) is 72.6 cm³/mol. The van der Waals surface area contributed by atoms with Crippen molar-refractivity contribution in [1.29, 1.82) is 5.26 Å². The second-order valence-electron chi connectivity index (χ2n) is 3.72. The summed E-state index contributed by atoms with van der Waals surface area (Å²) in [6.45, 7) is 0. The summed E-state index contributed by atoms with van der Waals surface area (Å²) < 4.78 is 26.7. The number of thioether (sulfide) groups is 1. The molecule has 0 saturated heterocycles. The zero-order valence-corrected chi connectivity index (χ0v) is 10.9. The molecule has 2 nitrogen and oxygen atoms in total. The maximum absolute atomic E-state index is 13.6. The van der Waals surface area contributed by atoms with E-state index in [1.807, 2.05) is 6.26 Å². The number of halogens is 2. The minimum absolute atomic E-state index is 0.00903. The molecule has 0 radical (unpaired) electrons. The van der Waals surface area contributed by atoms with Crippen molar-refractivity contribution in [2.24, 2.45) is 0 Å². The molecular weight excluding hydrogens is 266 g/mol. The molecule has 0 aliphatic carbocycles. The van der Waals surface area contributed by atoms with E-state index < -0.39 is 11.6 Å². The molecule has 0 saturated carbocycles. The molecule has 0 bridgehead atoms. The Labute approximate surface area is 114 Å². The van der Waals surface area contributed by atoms with Gasteiger partial charge in [-0.05, 0) is 30.5 Å². The highest BCUT2D eigenvalue weighted by Gasteiger charge is 2.11. The summed E-state index contributed by atoms with van der Waals surface area (Å²) >= 11 is 1.42. The van der Waals surface area contributed by atoms with Crippen molar-refractivity contribution in [1.82, 2.24) is 0 Å². The van der Waals surface area contributed by atoms with Crippen LogP contribution >= 0.6 is 11.8 Å². The summed E-state index contributed by atoms with van der Waals surface area (Å²) in [5, 5.41) is 11.9. The van der Waals surface area contributed by atoms with Gasteiger partial charge in [0.25, 0.3) is 0 Å². The molecule has 0 spiro atoms. The van der Waals surface area contributed by atoms with Crippen molar-refractivity contribution in [3.05, 3.63) is 53.6 Å². The van der Waals surface area contributed by atoms with Crippen LogP contribution in [-0.4, -0.2) is 6.26 Å². The fraction of sp³-hybridized carbons (Fsp3) is 0.0714. The van der Waals surface area contributed by atoms with E-state index in [-0.39, 0.29) is 5.69 Å². The minimum Gasteiger partial charge on any atom is -0.352 e. The maximum Gasteiger partial charge on any atom is 0.182 e. The van der Waals surface area contributed by atoms with Gasteiger partial charge in [-0.3, -0.25) is 0 Å². The highest BCUT2D eigenvalue weighted by Crippen LogP contribution is 2.29. The number of anilines is 2. The van der Waals surface area contributed by atoms with E-state index in [0.29, 0.717) is 11.3 Å². The van der Waals surface area contributed by atoms with E-state index in [1.54, 1.807) is 18.2 Å². The van der Waals surface area contributed by atoms with Crippen LogP contribution in [0.25, 0.3) is 0 Å². The van der Waals surface area contributed by atoms with Crippen LogP contribution in [0.1, 0.15) is 5.56 Å². The SMILES string of the molecule is CSc1cccc(Nc2cccc(F)c2F)c1C#N. The van der Waals surface area contributed by atoms with Crippen LogP contribution in [0.5, 0.6) is 0 Å². The number of hydrogen-bond donors (Lipinski definition) is 1. The monoisotopic (exact) mass is 276 g/mol. The lowest BCUT2D eigenvalue weighted by atomic mass is 10.2. The van der Waals surface area contributed by atoms with E-state index in [4.69, 9.17) is 5.26 Å². The summed E-state index contributed by atoms with van der Waals surface area (Å²) in [5.74, 6) is -1.88. The van der Waals surface area contributed by atoms with E-state index in [9.17, 15) is 8.78 Å². The molecule has 0 atom stereocenters. The molecule has 0 unspecified atom stereocenters. The Kier molecular flexibility index (Phi) is 4.03.